The van der Waals surface area contributed by atoms with Crippen molar-refractivity contribution in [1.29, 1.82) is 0 Å². The van der Waals surface area contributed by atoms with E-state index in [-0.39, 0.29) is 11.9 Å². The molecule has 170 valence electrons. The molecule has 0 fully saturated rings. The summed E-state index contributed by atoms with van der Waals surface area (Å²) in [6.45, 7) is 9.84. The van der Waals surface area contributed by atoms with E-state index in [4.69, 9.17) is 29.2 Å². The Morgan fingerprint density at radius 3 is 2.35 bits per heavy atom. The van der Waals surface area contributed by atoms with Crippen LogP contribution in [0.4, 0.5) is 0 Å². The summed E-state index contributed by atoms with van der Waals surface area (Å²) in [4.78, 5) is 15.5. The number of aryl methyl sites for hydroxylation is 1. The Balaban J connectivity index is 1.76. The number of H-pyrrole nitrogens is 1. The quantitative estimate of drug-likeness (QED) is 0.204. The first kappa shape index (κ1) is 25.5. The van der Waals surface area contributed by atoms with Crippen molar-refractivity contribution in [2.45, 2.75) is 66.3 Å². The number of nitrogens with zero attached hydrogens (tertiary/aromatic N) is 1. The topological polar surface area (TPSA) is 47.0 Å². The molecule has 0 radical (unpaired) electrons. The van der Waals surface area contributed by atoms with Crippen molar-refractivity contribution in [3.63, 3.8) is 0 Å². The molecular weight excluding hydrogens is 424 g/mol. The molecule has 0 aliphatic rings. The van der Waals surface area contributed by atoms with Crippen LogP contribution in [0.1, 0.15) is 59.8 Å². The van der Waals surface area contributed by atoms with Crippen LogP contribution in [0.25, 0.3) is 11.1 Å². The predicted molar refractivity (Wildman–Crippen MR) is 133 cm³/mol. The van der Waals surface area contributed by atoms with E-state index in [0.29, 0.717) is 27.9 Å². The Morgan fingerprint density at radius 1 is 1.03 bits per heavy atom. The van der Waals surface area contributed by atoms with Crippen molar-refractivity contribution >= 4 is 30.4 Å². The zero-order valence-corrected chi connectivity index (χ0v) is 20.9. The minimum Gasteiger partial charge on any atom is -0.465 e. The molecule has 2 aromatic rings. The van der Waals surface area contributed by atoms with Gasteiger partial charge in [-0.15, -0.1) is 0 Å². The number of esters is 1. The number of hydrogen-bond donors (Lipinski definition) is 1. The summed E-state index contributed by atoms with van der Waals surface area (Å²) in [7, 11) is 0. The normalized spacial score (nSPS) is 12.3. The number of carbonyl (C=O) groups is 1. The largest absolute Gasteiger partial charge is 0.465 e. The van der Waals surface area contributed by atoms with E-state index in [2.05, 4.69) is 55.6 Å². The summed E-state index contributed by atoms with van der Waals surface area (Å²) in [5, 5.41) is 0. The van der Waals surface area contributed by atoms with Crippen LogP contribution in [0.3, 0.4) is 0 Å². The number of aromatic nitrogens is 2. The standard InChI is InChI=1S/C25H36N2O2S2/c1-18(2)16-21(19(3)4)24(28)29-15-11-6-5-10-14-27-17-22(23(30)26-25(27)31)20-12-8-7-9-13-20/h7-9,12-13,17-19,21H,5-6,10-11,14-16H2,1-4H3,(H,26,30,31). The molecule has 1 atom stereocenters. The minimum atomic E-state index is -0.0389. The lowest BCUT2D eigenvalue weighted by molar-refractivity contribution is -0.151. The number of aromatic amines is 1. The van der Waals surface area contributed by atoms with Crippen LogP contribution < -0.4 is 0 Å². The van der Waals surface area contributed by atoms with E-state index in [1.165, 1.54) is 0 Å². The summed E-state index contributed by atoms with van der Waals surface area (Å²) in [6, 6.07) is 10.1. The van der Waals surface area contributed by atoms with Gasteiger partial charge in [0.15, 0.2) is 4.77 Å². The second kappa shape index (κ2) is 12.9. The molecule has 0 amide bonds. The first-order chi connectivity index (χ1) is 14.8. The Kier molecular flexibility index (Phi) is 10.6. The van der Waals surface area contributed by atoms with Gasteiger partial charge in [-0.3, -0.25) is 4.79 Å². The van der Waals surface area contributed by atoms with Crippen molar-refractivity contribution < 1.29 is 9.53 Å². The molecule has 0 bridgehead atoms. The van der Waals surface area contributed by atoms with Crippen molar-refractivity contribution in [1.82, 2.24) is 9.55 Å². The lowest BCUT2D eigenvalue weighted by atomic mass is 9.88. The highest BCUT2D eigenvalue weighted by atomic mass is 32.1. The minimum absolute atomic E-state index is 0.00397. The van der Waals surface area contributed by atoms with Gasteiger partial charge in [-0.05, 0) is 55.3 Å². The van der Waals surface area contributed by atoms with Crippen LogP contribution in [0.2, 0.25) is 0 Å². The van der Waals surface area contributed by atoms with Gasteiger partial charge < -0.3 is 14.3 Å². The van der Waals surface area contributed by atoms with Crippen molar-refractivity contribution in [2.24, 2.45) is 17.8 Å². The number of unbranched alkanes of at least 4 members (excludes halogenated alkanes) is 3. The molecular formula is C25H36N2O2S2. The summed E-state index contributed by atoms with van der Waals surface area (Å²) in [5.41, 5.74) is 2.09. The maximum Gasteiger partial charge on any atom is 0.309 e. The van der Waals surface area contributed by atoms with Gasteiger partial charge in [0.1, 0.15) is 4.64 Å². The fraction of sp³-hybridized carbons (Fsp3) is 0.560. The monoisotopic (exact) mass is 460 g/mol. The van der Waals surface area contributed by atoms with Gasteiger partial charge in [0.2, 0.25) is 0 Å². The third-order valence-electron chi connectivity index (χ3n) is 5.47. The van der Waals surface area contributed by atoms with Gasteiger partial charge in [-0.1, -0.05) is 76.7 Å². The Bertz CT molecular complexity index is 933. The molecule has 0 saturated carbocycles. The first-order valence-electron chi connectivity index (χ1n) is 11.4. The number of carbonyl (C=O) groups excluding carboxylic acids is 1. The number of ether oxygens (including phenoxy) is 1. The fourth-order valence-electron chi connectivity index (χ4n) is 3.66. The number of hydrogen-bond acceptors (Lipinski definition) is 4. The molecule has 1 unspecified atom stereocenters. The highest BCUT2D eigenvalue weighted by molar-refractivity contribution is 7.72. The summed E-state index contributed by atoms with van der Waals surface area (Å²) in [6.07, 6.45) is 6.96. The second-order valence-corrected chi connectivity index (χ2v) is 9.72. The molecule has 31 heavy (non-hydrogen) atoms. The van der Waals surface area contributed by atoms with Crippen LogP contribution in [-0.4, -0.2) is 22.1 Å². The first-order valence-corrected chi connectivity index (χ1v) is 12.2. The van der Waals surface area contributed by atoms with Crippen LogP contribution >= 0.6 is 24.4 Å². The number of rotatable bonds is 12. The average Bonchev–Trinajstić information content (AvgIpc) is 2.72. The highest BCUT2D eigenvalue weighted by Crippen LogP contribution is 2.22. The summed E-state index contributed by atoms with van der Waals surface area (Å²) < 4.78 is 8.94. The third-order valence-corrected chi connectivity index (χ3v) is 6.12. The van der Waals surface area contributed by atoms with Crippen LogP contribution in [0.15, 0.2) is 36.5 Å². The van der Waals surface area contributed by atoms with Gasteiger partial charge in [-0.25, -0.2) is 0 Å². The van der Waals surface area contributed by atoms with Crippen LogP contribution in [0, 0.1) is 27.2 Å². The van der Waals surface area contributed by atoms with Gasteiger partial charge in [-0.2, -0.15) is 0 Å². The molecule has 1 N–H and O–H groups in total. The fourth-order valence-corrected chi connectivity index (χ4v) is 4.24. The van der Waals surface area contributed by atoms with E-state index in [9.17, 15) is 4.79 Å². The van der Waals surface area contributed by atoms with Crippen molar-refractivity contribution in [3.05, 3.63) is 45.9 Å². The second-order valence-electron chi connectivity index (χ2n) is 8.92. The van der Waals surface area contributed by atoms with Gasteiger partial charge in [0.25, 0.3) is 0 Å². The maximum atomic E-state index is 12.4. The Labute approximate surface area is 197 Å². The lowest BCUT2D eigenvalue weighted by Crippen LogP contribution is -2.24. The molecule has 0 spiro atoms. The highest BCUT2D eigenvalue weighted by Gasteiger charge is 2.24. The molecule has 4 nitrogen and oxygen atoms in total. The molecule has 6 heteroatoms. The molecule has 0 saturated heterocycles. The maximum absolute atomic E-state index is 12.4. The smallest absolute Gasteiger partial charge is 0.309 e. The lowest BCUT2D eigenvalue weighted by Gasteiger charge is -2.21. The summed E-state index contributed by atoms with van der Waals surface area (Å²) in [5.74, 6) is 0.784. The van der Waals surface area contributed by atoms with E-state index >= 15 is 0 Å². The van der Waals surface area contributed by atoms with E-state index < -0.39 is 0 Å². The number of nitrogens with one attached hydrogen (secondary N) is 1. The molecule has 2 rings (SSSR count). The molecule has 0 aliphatic heterocycles. The average molecular weight is 461 g/mol. The molecule has 1 heterocycles. The molecule has 1 aromatic heterocycles. The van der Waals surface area contributed by atoms with Crippen LogP contribution in [-0.2, 0) is 16.1 Å². The molecule has 0 aliphatic carbocycles. The third kappa shape index (κ3) is 8.34. The predicted octanol–water partition coefficient (Wildman–Crippen LogP) is 7.36. The number of benzene rings is 1. The zero-order chi connectivity index (χ0) is 22.8. The van der Waals surface area contributed by atoms with E-state index in [0.717, 1.165) is 49.8 Å². The van der Waals surface area contributed by atoms with Crippen molar-refractivity contribution in [2.75, 3.05) is 6.61 Å². The zero-order valence-electron chi connectivity index (χ0n) is 19.2. The Morgan fingerprint density at radius 2 is 1.71 bits per heavy atom. The SMILES string of the molecule is CC(C)CC(C(=O)OCCCCCCn1cc(-c2ccccc2)c(=S)[nH]c1=S)C(C)C. The Hall–Kier alpha value is -1.79. The van der Waals surface area contributed by atoms with Crippen molar-refractivity contribution in [3.8, 4) is 11.1 Å². The van der Waals surface area contributed by atoms with Crippen LogP contribution in [0.5, 0.6) is 0 Å². The molecule has 1 aromatic carbocycles. The van der Waals surface area contributed by atoms with Gasteiger partial charge in [0, 0.05) is 18.3 Å². The van der Waals surface area contributed by atoms with E-state index in [1.54, 1.807) is 0 Å². The van der Waals surface area contributed by atoms with E-state index in [1.807, 2.05) is 18.2 Å². The van der Waals surface area contributed by atoms with Gasteiger partial charge >= 0.3 is 5.97 Å². The summed E-state index contributed by atoms with van der Waals surface area (Å²) >= 11 is 10.9. The van der Waals surface area contributed by atoms with Gasteiger partial charge in [0.05, 0.1) is 12.5 Å².